The highest BCUT2D eigenvalue weighted by molar-refractivity contribution is 6.43. The summed E-state index contributed by atoms with van der Waals surface area (Å²) in [6, 6.07) is 2.94. The third kappa shape index (κ3) is 3.76. The van der Waals surface area contributed by atoms with Gasteiger partial charge in [0.25, 0.3) is 0 Å². The summed E-state index contributed by atoms with van der Waals surface area (Å²) in [5.74, 6) is 0.574. The Labute approximate surface area is 135 Å². The second-order valence-corrected chi connectivity index (χ2v) is 5.10. The van der Waals surface area contributed by atoms with Gasteiger partial charge in [0.05, 0.1) is 15.1 Å². The zero-order valence-electron chi connectivity index (χ0n) is 10.1. The lowest BCUT2D eigenvalue weighted by Crippen LogP contribution is -2.04. The van der Waals surface area contributed by atoms with Crippen molar-refractivity contribution >= 4 is 52.4 Å². The van der Waals surface area contributed by atoms with Crippen molar-refractivity contribution in [2.45, 2.75) is 6.92 Å². The van der Waals surface area contributed by atoms with E-state index in [1.54, 1.807) is 0 Å². The molecule has 1 heterocycles. The maximum Gasteiger partial charge on any atom is 0.328 e. The van der Waals surface area contributed by atoms with Gasteiger partial charge in [-0.25, -0.2) is 0 Å². The Balaban J connectivity index is 2.32. The summed E-state index contributed by atoms with van der Waals surface area (Å²) in [7, 11) is 0. The van der Waals surface area contributed by atoms with Crippen LogP contribution in [0.5, 0.6) is 11.8 Å². The van der Waals surface area contributed by atoms with Gasteiger partial charge < -0.3 is 10.1 Å². The number of nitrogens with zero attached hydrogens (tertiary/aromatic N) is 3. The highest BCUT2D eigenvalue weighted by Crippen LogP contribution is 2.35. The van der Waals surface area contributed by atoms with Crippen LogP contribution < -0.4 is 10.1 Å². The summed E-state index contributed by atoms with van der Waals surface area (Å²) in [4.78, 5) is 11.8. The Kier molecular flexibility index (Phi) is 5.10. The van der Waals surface area contributed by atoms with E-state index in [2.05, 4.69) is 20.3 Å². The van der Waals surface area contributed by atoms with Crippen LogP contribution in [0.4, 0.5) is 5.95 Å². The van der Waals surface area contributed by atoms with E-state index in [1.165, 1.54) is 12.1 Å². The molecule has 1 aromatic carbocycles. The second-order valence-electron chi connectivity index (χ2n) is 3.54. The average Bonchev–Trinajstić information content (AvgIpc) is 2.35. The van der Waals surface area contributed by atoms with Crippen molar-refractivity contribution in [1.82, 2.24) is 15.0 Å². The van der Waals surface area contributed by atoms with Gasteiger partial charge in [0.2, 0.25) is 11.2 Å². The summed E-state index contributed by atoms with van der Waals surface area (Å²) >= 11 is 23.5. The fourth-order valence-electron chi connectivity index (χ4n) is 1.30. The molecule has 5 nitrogen and oxygen atoms in total. The summed E-state index contributed by atoms with van der Waals surface area (Å²) in [6.45, 7) is 2.53. The topological polar surface area (TPSA) is 59.9 Å². The molecule has 0 saturated carbocycles. The van der Waals surface area contributed by atoms with Crippen molar-refractivity contribution in [2.24, 2.45) is 0 Å². The third-order valence-corrected chi connectivity index (χ3v) is 3.29. The third-order valence-electron chi connectivity index (χ3n) is 2.10. The van der Waals surface area contributed by atoms with Gasteiger partial charge in [-0.2, -0.15) is 15.0 Å². The molecule has 20 heavy (non-hydrogen) atoms. The first-order valence-electron chi connectivity index (χ1n) is 5.47. The monoisotopic (exact) mass is 352 g/mol. The van der Waals surface area contributed by atoms with Crippen LogP contribution in [0.15, 0.2) is 12.1 Å². The van der Waals surface area contributed by atoms with E-state index in [0.29, 0.717) is 22.5 Å². The maximum atomic E-state index is 6.00. The van der Waals surface area contributed by atoms with Crippen molar-refractivity contribution in [3.63, 3.8) is 0 Å². The van der Waals surface area contributed by atoms with Crippen molar-refractivity contribution in [3.05, 3.63) is 32.5 Å². The minimum Gasteiger partial charge on any atom is -0.422 e. The number of hydrogen-bond donors (Lipinski definition) is 1. The van der Waals surface area contributed by atoms with Gasteiger partial charge in [0.15, 0.2) is 5.75 Å². The van der Waals surface area contributed by atoms with Crippen molar-refractivity contribution in [1.29, 1.82) is 0 Å². The average molecular weight is 354 g/mol. The molecule has 0 radical (unpaired) electrons. The number of nitrogens with one attached hydrogen (secondary N) is 1. The summed E-state index contributed by atoms with van der Waals surface area (Å²) < 4.78 is 5.45. The molecule has 2 aromatic rings. The van der Waals surface area contributed by atoms with E-state index in [-0.39, 0.29) is 22.1 Å². The number of anilines is 1. The number of aromatic nitrogens is 3. The number of hydrogen-bond acceptors (Lipinski definition) is 5. The van der Waals surface area contributed by atoms with E-state index < -0.39 is 0 Å². The molecule has 0 aliphatic heterocycles. The highest BCUT2D eigenvalue weighted by Gasteiger charge is 2.11. The van der Waals surface area contributed by atoms with Crippen molar-refractivity contribution < 1.29 is 4.74 Å². The lowest BCUT2D eigenvalue weighted by atomic mass is 10.3. The molecule has 0 aliphatic carbocycles. The van der Waals surface area contributed by atoms with Gasteiger partial charge in [0.1, 0.15) is 0 Å². The van der Waals surface area contributed by atoms with Gasteiger partial charge >= 0.3 is 6.01 Å². The zero-order chi connectivity index (χ0) is 14.7. The van der Waals surface area contributed by atoms with Crippen LogP contribution in [0.3, 0.4) is 0 Å². The van der Waals surface area contributed by atoms with Crippen molar-refractivity contribution in [3.8, 4) is 11.8 Å². The number of rotatable bonds is 4. The van der Waals surface area contributed by atoms with Crippen LogP contribution in [0.25, 0.3) is 0 Å². The molecule has 1 N–H and O–H groups in total. The van der Waals surface area contributed by atoms with E-state index in [9.17, 15) is 0 Å². The lowest BCUT2D eigenvalue weighted by molar-refractivity contribution is 0.440. The minimum absolute atomic E-state index is 0.00115. The maximum absolute atomic E-state index is 6.00. The molecular formula is C11H8Cl4N4O. The Morgan fingerprint density at radius 1 is 1.00 bits per heavy atom. The first-order valence-corrected chi connectivity index (χ1v) is 6.98. The second kappa shape index (κ2) is 6.63. The quantitative estimate of drug-likeness (QED) is 0.806. The van der Waals surface area contributed by atoms with E-state index in [0.717, 1.165) is 0 Å². The van der Waals surface area contributed by atoms with Crippen LogP contribution in [-0.2, 0) is 0 Å². The Morgan fingerprint density at radius 2 is 1.70 bits per heavy atom. The molecule has 9 heteroatoms. The zero-order valence-corrected chi connectivity index (χ0v) is 13.1. The predicted octanol–water partition coefficient (Wildman–Crippen LogP) is 4.71. The number of halogens is 4. The fraction of sp³-hybridized carbons (Fsp3) is 0.182. The largest absolute Gasteiger partial charge is 0.422 e. The predicted molar refractivity (Wildman–Crippen MR) is 80.5 cm³/mol. The van der Waals surface area contributed by atoms with Gasteiger partial charge in [-0.3, -0.25) is 0 Å². The van der Waals surface area contributed by atoms with Crippen LogP contribution in [-0.4, -0.2) is 21.5 Å². The molecular weight excluding hydrogens is 346 g/mol. The molecule has 106 valence electrons. The van der Waals surface area contributed by atoms with Gasteiger partial charge in [-0.1, -0.05) is 34.8 Å². The highest BCUT2D eigenvalue weighted by atomic mass is 35.5. The standard InChI is InChI=1S/C11H8Cl4N4O/c1-2-16-10-17-9(15)18-11(19-10)20-8-4-6(13)5(12)3-7(8)14/h3-4H,2H2,1H3,(H,16,17,18,19). The molecule has 0 spiro atoms. The minimum atomic E-state index is 0.00115. The fourth-order valence-corrected chi connectivity index (χ4v) is 2.02. The van der Waals surface area contributed by atoms with Gasteiger partial charge in [0, 0.05) is 12.6 Å². The number of ether oxygens (including phenoxy) is 1. The molecule has 0 atom stereocenters. The normalized spacial score (nSPS) is 10.4. The summed E-state index contributed by atoms with van der Waals surface area (Å²) in [6.07, 6.45) is 0. The molecule has 0 saturated heterocycles. The van der Waals surface area contributed by atoms with E-state index in [4.69, 9.17) is 51.1 Å². The molecule has 1 aromatic heterocycles. The Morgan fingerprint density at radius 3 is 2.40 bits per heavy atom. The number of benzene rings is 1. The molecule has 0 aliphatic rings. The van der Waals surface area contributed by atoms with E-state index in [1.807, 2.05) is 6.92 Å². The first-order chi connectivity index (χ1) is 9.49. The molecule has 0 amide bonds. The van der Waals surface area contributed by atoms with Crippen LogP contribution in [0.1, 0.15) is 6.92 Å². The lowest BCUT2D eigenvalue weighted by Gasteiger charge is -2.08. The molecule has 0 fully saturated rings. The van der Waals surface area contributed by atoms with Crippen LogP contribution >= 0.6 is 46.4 Å². The Hall–Kier alpha value is -1.01. The summed E-state index contributed by atoms with van der Waals surface area (Å²) in [5.41, 5.74) is 0. The molecule has 2 rings (SSSR count). The molecule has 0 bridgehead atoms. The van der Waals surface area contributed by atoms with Gasteiger partial charge in [-0.15, -0.1) is 0 Å². The summed E-state index contributed by atoms with van der Waals surface area (Å²) in [5, 5.41) is 3.81. The Bertz CT molecular complexity index is 638. The SMILES string of the molecule is CCNc1nc(Cl)nc(Oc2cc(Cl)c(Cl)cc2Cl)n1. The molecule has 0 unspecified atom stereocenters. The first kappa shape index (κ1) is 15.4. The smallest absolute Gasteiger partial charge is 0.328 e. The van der Waals surface area contributed by atoms with Crippen LogP contribution in [0, 0.1) is 0 Å². The van der Waals surface area contributed by atoms with E-state index >= 15 is 0 Å². The van der Waals surface area contributed by atoms with Crippen LogP contribution in [0.2, 0.25) is 20.4 Å². The van der Waals surface area contributed by atoms with Crippen molar-refractivity contribution in [2.75, 3.05) is 11.9 Å². The van der Waals surface area contributed by atoms with Gasteiger partial charge in [-0.05, 0) is 24.6 Å².